The Hall–Kier alpha value is -2.21. The van der Waals surface area contributed by atoms with E-state index in [4.69, 9.17) is 9.15 Å². The summed E-state index contributed by atoms with van der Waals surface area (Å²) in [6.45, 7) is 4.33. The number of phenols is 1. The molecule has 6 nitrogen and oxygen atoms in total. The Balaban J connectivity index is 1.74. The minimum atomic E-state index is -1.01. The second-order valence-corrected chi connectivity index (χ2v) is 7.73. The van der Waals surface area contributed by atoms with Crippen molar-refractivity contribution < 1.29 is 19.1 Å². The second kappa shape index (κ2) is 5.64. The molecule has 0 spiro atoms. The van der Waals surface area contributed by atoms with E-state index in [2.05, 4.69) is 10.2 Å². The lowest BCUT2D eigenvalue weighted by Crippen LogP contribution is -2.64. The van der Waals surface area contributed by atoms with Crippen LogP contribution in [0.25, 0.3) is 11.0 Å². The molecule has 0 aliphatic carbocycles. The minimum Gasteiger partial charge on any atom is -0.504 e. The number of hydrogen-bond donors (Lipinski definition) is 2. The number of hydrogen-bond acceptors (Lipinski definition) is 5. The van der Waals surface area contributed by atoms with Gasteiger partial charge in [-0.2, -0.15) is 0 Å². The lowest BCUT2D eigenvalue weighted by atomic mass is 9.84. The number of ether oxygens (including phenoxy) is 1. The first-order valence-corrected chi connectivity index (χ1v) is 9.59. The summed E-state index contributed by atoms with van der Waals surface area (Å²) in [5.41, 5.74) is 1.27. The lowest BCUT2D eigenvalue weighted by Gasteiger charge is -2.43. The number of fused-ring (bicyclic) bond motifs is 5. The van der Waals surface area contributed by atoms with Gasteiger partial charge >= 0.3 is 0 Å². The fourth-order valence-corrected chi connectivity index (χ4v) is 4.99. The Morgan fingerprint density at radius 3 is 2.88 bits per heavy atom. The first kappa shape index (κ1) is 16.0. The van der Waals surface area contributed by atoms with Crippen molar-refractivity contribution in [2.24, 2.45) is 0 Å². The van der Waals surface area contributed by atoms with Crippen LogP contribution in [-0.4, -0.2) is 41.3 Å². The molecule has 26 heavy (non-hydrogen) atoms. The highest BCUT2D eigenvalue weighted by Gasteiger charge is 2.59. The molecule has 1 aromatic heterocycles. The van der Waals surface area contributed by atoms with Gasteiger partial charge < -0.3 is 19.6 Å². The van der Waals surface area contributed by atoms with Gasteiger partial charge in [-0.3, -0.25) is 9.69 Å². The van der Waals surface area contributed by atoms with Crippen LogP contribution in [0, 0.1) is 6.92 Å². The normalized spacial score (nSPS) is 29.0. The zero-order valence-electron chi connectivity index (χ0n) is 15.0. The predicted octanol–water partition coefficient (Wildman–Crippen LogP) is 3.02. The summed E-state index contributed by atoms with van der Waals surface area (Å²) in [4.78, 5) is 15.5. The van der Waals surface area contributed by atoms with Crippen LogP contribution in [0.3, 0.4) is 0 Å². The Kier molecular flexibility index (Phi) is 3.47. The van der Waals surface area contributed by atoms with Gasteiger partial charge in [0.2, 0.25) is 5.72 Å². The van der Waals surface area contributed by atoms with Crippen LogP contribution < -0.4 is 10.1 Å². The molecular formula is C20H24N2O4. The SMILES string of the molecule is Cc1coc2c(O)cc3c(c12)O[C@]1(N2CCCCC2)C(=O)NCCC[C@@H]31. The third-order valence-corrected chi connectivity index (χ3v) is 6.20. The fraction of sp³-hybridized carbons (Fsp3) is 0.550. The van der Waals surface area contributed by atoms with E-state index >= 15 is 0 Å². The molecule has 3 aliphatic heterocycles. The van der Waals surface area contributed by atoms with Crippen LogP contribution in [0.2, 0.25) is 0 Å². The van der Waals surface area contributed by atoms with Crippen LogP contribution in [0.4, 0.5) is 0 Å². The summed E-state index contributed by atoms with van der Waals surface area (Å²) in [5, 5.41) is 14.4. The van der Waals surface area contributed by atoms with Gasteiger partial charge in [0.05, 0.1) is 17.6 Å². The van der Waals surface area contributed by atoms with Crippen molar-refractivity contribution in [3.05, 3.63) is 23.5 Å². The Morgan fingerprint density at radius 1 is 1.27 bits per heavy atom. The highest BCUT2D eigenvalue weighted by molar-refractivity contribution is 5.96. The monoisotopic (exact) mass is 356 g/mol. The van der Waals surface area contributed by atoms with Crippen molar-refractivity contribution >= 4 is 16.9 Å². The first-order valence-electron chi connectivity index (χ1n) is 9.59. The number of furan rings is 1. The van der Waals surface area contributed by atoms with E-state index in [1.165, 1.54) is 6.42 Å². The summed E-state index contributed by atoms with van der Waals surface area (Å²) < 4.78 is 12.1. The molecule has 3 aliphatic rings. The molecule has 6 heteroatoms. The molecule has 2 N–H and O–H groups in total. The largest absolute Gasteiger partial charge is 0.504 e. The molecule has 0 saturated carbocycles. The molecule has 138 valence electrons. The van der Waals surface area contributed by atoms with Crippen LogP contribution in [0.5, 0.6) is 11.5 Å². The fourth-order valence-electron chi connectivity index (χ4n) is 4.99. The van der Waals surface area contributed by atoms with Gasteiger partial charge in [-0.15, -0.1) is 0 Å². The van der Waals surface area contributed by atoms with Gasteiger partial charge in [-0.25, -0.2) is 0 Å². The van der Waals surface area contributed by atoms with E-state index in [1.54, 1.807) is 12.3 Å². The number of aryl methyl sites for hydroxylation is 1. The van der Waals surface area contributed by atoms with Gasteiger partial charge in [0.25, 0.3) is 5.91 Å². The summed E-state index contributed by atoms with van der Waals surface area (Å²) in [7, 11) is 0. The molecule has 2 aromatic rings. The zero-order valence-corrected chi connectivity index (χ0v) is 15.0. The van der Waals surface area contributed by atoms with E-state index < -0.39 is 5.72 Å². The summed E-state index contributed by atoms with van der Waals surface area (Å²) >= 11 is 0. The zero-order chi connectivity index (χ0) is 17.9. The number of amides is 1. The van der Waals surface area contributed by atoms with Crippen LogP contribution >= 0.6 is 0 Å². The summed E-state index contributed by atoms with van der Waals surface area (Å²) in [5.74, 6) is 0.695. The molecular weight excluding hydrogens is 332 g/mol. The quantitative estimate of drug-likeness (QED) is 0.822. The number of piperidine rings is 1. The number of aromatic hydroxyl groups is 1. The first-order chi connectivity index (χ1) is 12.6. The van der Waals surface area contributed by atoms with Crippen LogP contribution in [0.1, 0.15) is 49.1 Å². The topological polar surface area (TPSA) is 74.9 Å². The maximum atomic E-state index is 13.3. The van der Waals surface area contributed by atoms with E-state index in [1.807, 2.05) is 6.92 Å². The number of likely N-dealkylation sites (tertiary alicyclic amines) is 1. The van der Waals surface area contributed by atoms with Gasteiger partial charge in [-0.05, 0) is 44.2 Å². The number of benzene rings is 1. The van der Waals surface area contributed by atoms with Crippen molar-refractivity contribution in [2.45, 2.75) is 50.7 Å². The van der Waals surface area contributed by atoms with E-state index in [9.17, 15) is 9.90 Å². The minimum absolute atomic E-state index is 0.0492. The average molecular weight is 356 g/mol. The second-order valence-electron chi connectivity index (χ2n) is 7.73. The maximum absolute atomic E-state index is 13.3. The van der Waals surface area contributed by atoms with Crippen molar-refractivity contribution in [2.75, 3.05) is 19.6 Å². The number of nitrogens with one attached hydrogen (secondary N) is 1. The smallest absolute Gasteiger partial charge is 0.280 e. The molecule has 4 heterocycles. The van der Waals surface area contributed by atoms with Crippen LogP contribution in [-0.2, 0) is 4.79 Å². The number of carbonyl (C=O) groups excluding carboxylic acids is 1. The third-order valence-electron chi connectivity index (χ3n) is 6.20. The van der Waals surface area contributed by atoms with E-state index in [0.717, 1.165) is 55.3 Å². The molecule has 0 unspecified atom stereocenters. The van der Waals surface area contributed by atoms with E-state index in [0.29, 0.717) is 17.9 Å². The summed E-state index contributed by atoms with van der Waals surface area (Å²) in [6.07, 6.45) is 6.73. The molecule has 5 rings (SSSR count). The molecule has 1 aromatic carbocycles. The number of nitrogens with zero attached hydrogens (tertiary/aromatic N) is 1. The van der Waals surface area contributed by atoms with Crippen LogP contribution in [0.15, 0.2) is 16.7 Å². The highest BCUT2D eigenvalue weighted by Crippen LogP contribution is 2.55. The molecule has 2 saturated heterocycles. The molecule has 0 bridgehead atoms. The van der Waals surface area contributed by atoms with Crippen molar-refractivity contribution in [1.29, 1.82) is 0 Å². The maximum Gasteiger partial charge on any atom is 0.280 e. The van der Waals surface area contributed by atoms with Gasteiger partial charge in [-0.1, -0.05) is 6.42 Å². The van der Waals surface area contributed by atoms with Crippen molar-refractivity contribution in [3.63, 3.8) is 0 Å². The molecule has 0 radical (unpaired) electrons. The lowest BCUT2D eigenvalue weighted by molar-refractivity contribution is -0.158. The van der Waals surface area contributed by atoms with Gasteiger partial charge in [0.15, 0.2) is 11.3 Å². The highest BCUT2D eigenvalue weighted by atomic mass is 16.5. The Bertz CT molecular complexity index is 884. The third kappa shape index (κ3) is 1.99. The van der Waals surface area contributed by atoms with Gasteiger partial charge in [0.1, 0.15) is 5.75 Å². The standard InChI is InChI=1S/C20H24N2O4/c1-12-11-25-18-15(23)10-13-14-6-5-7-21-19(24)20(14,26-17(13)16(12)18)22-8-3-2-4-9-22/h10-11,14,23H,2-9H2,1H3,(H,21,24)/t14-,20-/m0/s1. The Labute approximate surface area is 152 Å². The Morgan fingerprint density at radius 2 is 2.08 bits per heavy atom. The van der Waals surface area contributed by atoms with E-state index in [-0.39, 0.29) is 17.6 Å². The summed E-state index contributed by atoms with van der Waals surface area (Å²) in [6, 6.07) is 1.75. The number of rotatable bonds is 1. The number of carbonyl (C=O) groups is 1. The number of phenolic OH excluding ortho intramolecular Hbond substituents is 1. The molecule has 2 fully saturated rings. The van der Waals surface area contributed by atoms with Gasteiger partial charge in [0, 0.05) is 25.2 Å². The predicted molar refractivity (Wildman–Crippen MR) is 96.4 cm³/mol. The average Bonchev–Trinajstić information content (AvgIpc) is 3.14. The molecule has 2 atom stereocenters. The molecule has 1 amide bonds. The van der Waals surface area contributed by atoms with Crippen molar-refractivity contribution in [1.82, 2.24) is 10.2 Å². The van der Waals surface area contributed by atoms with Crippen molar-refractivity contribution in [3.8, 4) is 11.5 Å².